The number of hydrogen-bond acceptors (Lipinski definition) is 3. The highest BCUT2D eigenvalue weighted by atomic mass is 32.2. The van der Waals surface area contributed by atoms with Crippen molar-refractivity contribution in [2.45, 2.75) is 20.3 Å². The smallest absolute Gasteiger partial charge is 0.251 e. The molecular formula is C16H22N2O2S. The molecule has 1 aliphatic rings. The number of hydrogen-bond donors (Lipinski definition) is 1. The molecule has 1 unspecified atom stereocenters. The minimum atomic E-state index is -0.0422. The van der Waals surface area contributed by atoms with Crippen LogP contribution in [0.2, 0.25) is 0 Å². The minimum Gasteiger partial charge on any atom is -0.351 e. The molecule has 1 aliphatic heterocycles. The van der Waals surface area contributed by atoms with Crippen molar-refractivity contribution in [2.24, 2.45) is 5.92 Å². The molecule has 114 valence electrons. The first-order chi connectivity index (χ1) is 10.0. The van der Waals surface area contributed by atoms with Gasteiger partial charge in [-0.1, -0.05) is 6.92 Å². The number of thioether (sulfide) groups is 1. The Balaban J connectivity index is 2.20. The Hall–Kier alpha value is -1.49. The summed E-state index contributed by atoms with van der Waals surface area (Å²) < 4.78 is 0. The van der Waals surface area contributed by atoms with Crippen LogP contribution in [0.5, 0.6) is 0 Å². The summed E-state index contributed by atoms with van der Waals surface area (Å²) in [6, 6.07) is 5.63. The number of carbonyl (C=O) groups excluding carboxylic acids is 2. The van der Waals surface area contributed by atoms with Crippen LogP contribution >= 0.6 is 11.8 Å². The second-order valence-corrected chi connectivity index (χ2v) is 6.52. The average Bonchev–Trinajstić information content (AvgIpc) is 2.45. The Morgan fingerprint density at radius 2 is 2.19 bits per heavy atom. The number of amides is 2. The van der Waals surface area contributed by atoms with Gasteiger partial charge in [0.15, 0.2) is 0 Å². The van der Waals surface area contributed by atoms with Crippen LogP contribution in [0.15, 0.2) is 18.2 Å². The van der Waals surface area contributed by atoms with Crippen molar-refractivity contribution in [3.8, 4) is 0 Å². The lowest BCUT2D eigenvalue weighted by molar-refractivity contribution is -0.116. The van der Waals surface area contributed by atoms with Crippen LogP contribution in [0, 0.1) is 5.92 Å². The zero-order valence-corrected chi connectivity index (χ0v) is 13.6. The van der Waals surface area contributed by atoms with Crippen LogP contribution in [-0.2, 0) is 11.2 Å². The van der Waals surface area contributed by atoms with Crippen molar-refractivity contribution in [1.82, 2.24) is 5.32 Å². The van der Waals surface area contributed by atoms with Crippen molar-refractivity contribution >= 4 is 29.3 Å². The quantitative estimate of drug-likeness (QED) is 0.869. The maximum absolute atomic E-state index is 12.1. The molecule has 1 aromatic carbocycles. The Morgan fingerprint density at radius 1 is 1.43 bits per heavy atom. The molecule has 0 saturated carbocycles. The zero-order valence-electron chi connectivity index (χ0n) is 12.8. The van der Waals surface area contributed by atoms with Crippen molar-refractivity contribution < 1.29 is 9.59 Å². The van der Waals surface area contributed by atoms with Gasteiger partial charge in [-0.2, -0.15) is 11.8 Å². The van der Waals surface area contributed by atoms with Crippen molar-refractivity contribution in [3.05, 3.63) is 29.3 Å². The fraction of sp³-hybridized carbons (Fsp3) is 0.500. The van der Waals surface area contributed by atoms with Gasteiger partial charge >= 0.3 is 0 Å². The lowest BCUT2D eigenvalue weighted by Crippen LogP contribution is -2.38. The van der Waals surface area contributed by atoms with E-state index in [2.05, 4.69) is 12.2 Å². The monoisotopic (exact) mass is 306 g/mol. The van der Waals surface area contributed by atoms with Gasteiger partial charge in [0, 0.05) is 37.0 Å². The van der Waals surface area contributed by atoms with Gasteiger partial charge in [0.05, 0.1) is 0 Å². The molecule has 0 fully saturated rings. The summed E-state index contributed by atoms with van der Waals surface area (Å²) in [5.41, 5.74) is 2.70. The largest absolute Gasteiger partial charge is 0.351 e. The lowest BCUT2D eigenvalue weighted by atomic mass is 9.92. The fourth-order valence-corrected chi connectivity index (χ4v) is 2.98. The predicted octanol–water partition coefficient (Wildman–Crippen LogP) is 2.32. The SMILES string of the molecule is CSCCNC(=O)c1ccc2c(c1)CC(C)CN2C(C)=O. The third-order valence-electron chi connectivity index (χ3n) is 3.67. The molecule has 0 aromatic heterocycles. The highest BCUT2D eigenvalue weighted by molar-refractivity contribution is 7.98. The highest BCUT2D eigenvalue weighted by Crippen LogP contribution is 2.30. The number of nitrogens with one attached hydrogen (secondary N) is 1. The Kier molecular flexibility index (Phi) is 5.28. The molecule has 1 N–H and O–H groups in total. The summed E-state index contributed by atoms with van der Waals surface area (Å²) in [5.74, 6) is 1.34. The van der Waals surface area contributed by atoms with E-state index in [1.54, 1.807) is 29.7 Å². The zero-order chi connectivity index (χ0) is 15.4. The molecule has 1 atom stereocenters. The summed E-state index contributed by atoms with van der Waals surface area (Å²) in [6.07, 6.45) is 2.92. The number of benzene rings is 1. The first-order valence-corrected chi connectivity index (χ1v) is 8.60. The van der Waals surface area contributed by atoms with E-state index in [0.717, 1.165) is 30.0 Å². The van der Waals surface area contributed by atoms with Gasteiger partial charge in [0.25, 0.3) is 5.91 Å². The summed E-state index contributed by atoms with van der Waals surface area (Å²) >= 11 is 1.71. The van der Waals surface area contributed by atoms with Crippen molar-refractivity contribution in [3.63, 3.8) is 0 Å². The molecular weight excluding hydrogens is 284 g/mol. The maximum atomic E-state index is 12.1. The third-order valence-corrected chi connectivity index (χ3v) is 4.28. The van der Waals surface area contributed by atoms with Crippen molar-refractivity contribution in [2.75, 3.05) is 30.0 Å². The molecule has 0 saturated heterocycles. The molecule has 0 spiro atoms. The second kappa shape index (κ2) is 6.98. The molecule has 1 heterocycles. The number of anilines is 1. The van der Waals surface area contributed by atoms with Gasteiger partial charge in [0.1, 0.15) is 0 Å². The Bertz CT molecular complexity index is 545. The predicted molar refractivity (Wildman–Crippen MR) is 88.1 cm³/mol. The van der Waals surface area contributed by atoms with E-state index in [1.165, 1.54) is 0 Å². The van der Waals surface area contributed by atoms with Gasteiger partial charge in [-0.25, -0.2) is 0 Å². The van der Waals surface area contributed by atoms with E-state index in [-0.39, 0.29) is 11.8 Å². The molecule has 0 aliphatic carbocycles. The van der Waals surface area contributed by atoms with E-state index < -0.39 is 0 Å². The number of nitrogens with zero attached hydrogens (tertiary/aromatic N) is 1. The lowest BCUT2D eigenvalue weighted by Gasteiger charge is -2.32. The molecule has 21 heavy (non-hydrogen) atoms. The molecule has 1 aromatic rings. The van der Waals surface area contributed by atoms with Crippen LogP contribution in [0.3, 0.4) is 0 Å². The fourth-order valence-electron chi connectivity index (χ4n) is 2.67. The molecule has 0 bridgehead atoms. The van der Waals surface area contributed by atoms with Crippen LogP contribution in [0.25, 0.3) is 0 Å². The van der Waals surface area contributed by atoms with Crippen molar-refractivity contribution in [1.29, 1.82) is 0 Å². The molecule has 2 rings (SSSR count). The first-order valence-electron chi connectivity index (χ1n) is 7.21. The van der Waals surface area contributed by atoms with Gasteiger partial charge in [-0.3, -0.25) is 9.59 Å². The normalized spacial score (nSPS) is 17.3. The molecule has 2 amide bonds. The molecule has 4 nitrogen and oxygen atoms in total. The summed E-state index contributed by atoms with van der Waals surface area (Å²) in [4.78, 5) is 25.7. The van der Waals surface area contributed by atoms with Crippen LogP contribution in [0.1, 0.15) is 29.8 Å². The maximum Gasteiger partial charge on any atom is 0.251 e. The molecule has 5 heteroatoms. The average molecular weight is 306 g/mol. The van der Waals surface area contributed by atoms with Gasteiger partial charge in [-0.05, 0) is 42.4 Å². The van der Waals surface area contributed by atoms with Gasteiger partial charge in [0.2, 0.25) is 5.91 Å². The van der Waals surface area contributed by atoms with E-state index in [0.29, 0.717) is 18.0 Å². The van der Waals surface area contributed by atoms with Gasteiger partial charge < -0.3 is 10.2 Å². The molecule has 0 radical (unpaired) electrons. The Labute approximate surface area is 130 Å². The minimum absolute atomic E-state index is 0.0422. The number of rotatable bonds is 4. The van der Waals surface area contributed by atoms with E-state index >= 15 is 0 Å². The summed E-state index contributed by atoms with van der Waals surface area (Å²) in [7, 11) is 0. The topological polar surface area (TPSA) is 49.4 Å². The van der Waals surface area contributed by atoms with E-state index in [9.17, 15) is 9.59 Å². The highest BCUT2D eigenvalue weighted by Gasteiger charge is 2.25. The first kappa shape index (κ1) is 15.9. The Morgan fingerprint density at radius 3 is 2.86 bits per heavy atom. The second-order valence-electron chi connectivity index (χ2n) is 5.53. The van der Waals surface area contributed by atoms with Crippen LogP contribution in [-0.4, -0.2) is 36.9 Å². The number of carbonyl (C=O) groups is 2. The van der Waals surface area contributed by atoms with Crippen LogP contribution in [0.4, 0.5) is 5.69 Å². The third kappa shape index (κ3) is 3.79. The van der Waals surface area contributed by atoms with Crippen LogP contribution < -0.4 is 10.2 Å². The van der Waals surface area contributed by atoms with Gasteiger partial charge in [-0.15, -0.1) is 0 Å². The summed E-state index contributed by atoms with van der Waals surface area (Å²) in [5, 5.41) is 2.91. The van der Waals surface area contributed by atoms with E-state index in [1.807, 2.05) is 18.4 Å². The van der Waals surface area contributed by atoms with E-state index in [4.69, 9.17) is 0 Å². The number of fused-ring (bicyclic) bond motifs is 1. The standard InChI is InChI=1S/C16H22N2O2S/c1-11-8-14-9-13(16(20)17-6-7-21-3)4-5-15(14)18(10-11)12(2)19/h4-5,9,11H,6-8,10H2,1-3H3,(H,17,20). The summed E-state index contributed by atoms with van der Waals surface area (Å²) in [6.45, 7) is 5.14.